The molecule has 2 aromatic carbocycles. The third-order valence-electron chi connectivity index (χ3n) is 4.07. The van der Waals surface area contributed by atoms with Crippen LogP contribution < -0.4 is 10.2 Å². The van der Waals surface area contributed by atoms with E-state index in [9.17, 15) is 0 Å². The largest absolute Gasteiger partial charge is 0.326 e. The van der Waals surface area contributed by atoms with E-state index in [-0.39, 0.29) is 0 Å². The molecule has 5 nitrogen and oxygen atoms in total. The lowest BCUT2D eigenvalue weighted by atomic mass is 10.2. The quantitative estimate of drug-likeness (QED) is 0.797. The first kappa shape index (κ1) is 14.2. The zero-order valence-electron chi connectivity index (χ0n) is 13.0. The summed E-state index contributed by atoms with van der Waals surface area (Å²) in [6.45, 7) is 0.923. The monoisotopic (exact) mass is 313 g/mol. The molecule has 0 unspecified atom stereocenters. The van der Waals surface area contributed by atoms with Gasteiger partial charge in [0.1, 0.15) is 5.82 Å². The number of hydrogen-bond acceptors (Lipinski definition) is 5. The van der Waals surface area contributed by atoms with Crippen LogP contribution in [-0.4, -0.2) is 16.5 Å². The van der Waals surface area contributed by atoms with Gasteiger partial charge in [0.15, 0.2) is 0 Å². The lowest BCUT2D eigenvalue weighted by Gasteiger charge is -2.18. The maximum Gasteiger partial charge on any atom is 0.229 e. The SMILES string of the molecule is N#Cc1ccc(Nc2nccc(N3CCc4ccccc43)n2)cc1. The summed E-state index contributed by atoms with van der Waals surface area (Å²) >= 11 is 0. The summed E-state index contributed by atoms with van der Waals surface area (Å²) in [5.74, 6) is 1.42. The molecule has 116 valence electrons. The molecular weight excluding hydrogens is 298 g/mol. The molecule has 0 amide bonds. The van der Waals surface area contributed by atoms with Crippen LogP contribution in [0.25, 0.3) is 0 Å². The van der Waals surface area contributed by atoms with E-state index in [1.807, 2.05) is 24.3 Å². The highest BCUT2D eigenvalue weighted by atomic mass is 15.2. The van der Waals surface area contributed by atoms with Crippen LogP contribution in [0.2, 0.25) is 0 Å². The van der Waals surface area contributed by atoms with Gasteiger partial charge in [-0.05, 0) is 48.4 Å². The van der Waals surface area contributed by atoms with Gasteiger partial charge < -0.3 is 10.2 Å². The fourth-order valence-electron chi connectivity index (χ4n) is 2.89. The van der Waals surface area contributed by atoms with Gasteiger partial charge in [-0.25, -0.2) is 4.98 Å². The van der Waals surface area contributed by atoms with E-state index in [1.165, 1.54) is 11.3 Å². The van der Waals surface area contributed by atoms with Crippen molar-refractivity contribution in [1.82, 2.24) is 9.97 Å². The molecule has 5 heteroatoms. The molecule has 1 aromatic heterocycles. The van der Waals surface area contributed by atoms with E-state index in [4.69, 9.17) is 5.26 Å². The number of hydrogen-bond donors (Lipinski definition) is 1. The maximum absolute atomic E-state index is 8.86. The third kappa shape index (κ3) is 2.66. The van der Waals surface area contributed by atoms with Crippen molar-refractivity contribution in [2.45, 2.75) is 6.42 Å². The molecule has 1 N–H and O–H groups in total. The summed E-state index contributed by atoms with van der Waals surface area (Å²) in [6, 6.07) is 19.7. The summed E-state index contributed by atoms with van der Waals surface area (Å²) in [5.41, 5.74) is 4.04. The average Bonchev–Trinajstić information content (AvgIpc) is 3.07. The highest BCUT2D eigenvalue weighted by molar-refractivity contribution is 5.68. The molecule has 0 atom stereocenters. The molecule has 0 saturated heterocycles. The molecule has 0 bridgehead atoms. The number of rotatable bonds is 3. The zero-order chi connectivity index (χ0) is 16.4. The second kappa shape index (κ2) is 6.01. The van der Waals surface area contributed by atoms with Crippen molar-refractivity contribution in [3.8, 4) is 6.07 Å². The van der Waals surface area contributed by atoms with Crippen LogP contribution in [0.3, 0.4) is 0 Å². The van der Waals surface area contributed by atoms with Crippen molar-refractivity contribution in [3.63, 3.8) is 0 Å². The van der Waals surface area contributed by atoms with Crippen LogP contribution in [0.15, 0.2) is 60.8 Å². The van der Waals surface area contributed by atoms with Gasteiger partial charge >= 0.3 is 0 Å². The number of benzene rings is 2. The number of nitrogens with one attached hydrogen (secondary N) is 1. The summed E-state index contributed by atoms with van der Waals surface area (Å²) in [5, 5.41) is 12.0. The van der Waals surface area contributed by atoms with Crippen molar-refractivity contribution >= 4 is 23.1 Å². The Morgan fingerprint density at radius 1 is 1.04 bits per heavy atom. The van der Waals surface area contributed by atoms with Gasteiger partial charge in [-0.1, -0.05) is 18.2 Å². The highest BCUT2D eigenvalue weighted by Crippen LogP contribution is 2.33. The van der Waals surface area contributed by atoms with Gasteiger partial charge in [0.2, 0.25) is 5.95 Å². The average molecular weight is 313 g/mol. The predicted molar refractivity (Wildman–Crippen MR) is 93.6 cm³/mol. The van der Waals surface area contributed by atoms with Crippen LogP contribution in [0, 0.1) is 11.3 Å². The summed E-state index contributed by atoms with van der Waals surface area (Å²) in [7, 11) is 0. The minimum Gasteiger partial charge on any atom is -0.326 e. The van der Waals surface area contributed by atoms with Crippen LogP contribution >= 0.6 is 0 Å². The molecule has 24 heavy (non-hydrogen) atoms. The Kier molecular flexibility index (Phi) is 3.56. The van der Waals surface area contributed by atoms with Crippen molar-refractivity contribution in [2.24, 2.45) is 0 Å². The molecule has 2 heterocycles. The minimum atomic E-state index is 0.543. The number of anilines is 4. The normalized spacial score (nSPS) is 12.5. The van der Waals surface area contributed by atoms with E-state index < -0.39 is 0 Å². The second-order valence-corrected chi connectivity index (χ2v) is 5.58. The smallest absolute Gasteiger partial charge is 0.229 e. The van der Waals surface area contributed by atoms with Crippen molar-refractivity contribution < 1.29 is 0 Å². The van der Waals surface area contributed by atoms with Gasteiger partial charge in [0.05, 0.1) is 11.6 Å². The molecule has 0 fully saturated rings. The van der Waals surface area contributed by atoms with Crippen LogP contribution in [0.5, 0.6) is 0 Å². The molecule has 1 aliphatic heterocycles. The van der Waals surface area contributed by atoms with Gasteiger partial charge in [0.25, 0.3) is 0 Å². The maximum atomic E-state index is 8.86. The van der Waals surface area contributed by atoms with Crippen LogP contribution in [0.1, 0.15) is 11.1 Å². The second-order valence-electron chi connectivity index (χ2n) is 5.58. The van der Waals surface area contributed by atoms with Crippen molar-refractivity contribution in [2.75, 3.05) is 16.8 Å². The van der Waals surface area contributed by atoms with Gasteiger partial charge in [-0.15, -0.1) is 0 Å². The van der Waals surface area contributed by atoms with E-state index in [0.717, 1.165) is 24.5 Å². The van der Waals surface area contributed by atoms with E-state index in [1.54, 1.807) is 18.3 Å². The van der Waals surface area contributed by atoms with Crippen molar-refractivity contribution in [1.29, 1.82) is 5.26 Å². The third-order valence-corrected chi connectivity index (χ3v) is 4.07. The molecule has 0 radical (unpaired) electrons. The molecule has 4 rings (SSSR count). The van der Waals surface area contributed by atoms with Gasteiger partial charge in [-0.2, -0.15) is 10.2 Å². The first-order valence-electron chi connectivity index (χ1n) is 7.79. The standard InChI is InChI=1S/C19H15N5/c20-13-14-5-7-16(8-6-14)22-19-21-11-9-18(23-19)24-12-10-15-3-1-2-4-17(15)24/h1-9,11H,10,12H2,(H,21,22,23). The molecular formula is C19H15N5. The van der Waals surface area contributed by atoms with Gasteiger partial charge in [0, 0.05) is 24.1 Å². The Morgan fingerprint density at radius 2 is 1.88 bits per heavy atom. The molecule has 3 aromatic rings. The Hall–Kier alpha value is -3.39. The number of para-hydroxylation sites is 1. The first-order valence-corrected chi connectivity index (χ1v) is 7.79. The Labute approximate surface area is 140 Å². The van der Waals surface area contributed by atoms with E-state index in [2.05, 4.69) is 44.5 Å². The van der Waals surface area contributed by atoms with Crippen molar-refractivity contribution in [3.05, 3.63) is 71.9 Å². The molecule has 0 aliphatic carbocycles. The fourth-order valence-corrected chi connectivity index (χ4v) is 2.89. The Morgan fingerprint density at radius 3 is 2.71 bits per heavy atom. The number of fused-ring (bicyclic) bond motifs is 1. The topological polar surface area (TPSA) is 64.8 Å². The lowest BCUT2D eigenvalue weighted by molar-refractivity contribution is 0.966. The number of nitriles is 1. The van der Waals surface area contributed by atoms with E-state index >= 15 is 0 Å². The molecule has 0 saturated carbocycles. The predicted octanol–water partition coefficient (Wildman–Crippen LogP) is 3.79. The minimum absolute atomic E-state index is 0.543. The fraction of sp³-hybridized carbons (Fsp3) is 0.105. The van der Waals surface area contributed by atoms with E-state index in [0.29, 0.717) is 11.5 Å². The highest BCUT2D eigenvalue weighted by Gasteiger charge is 2.20. The number of aromatic nitrogens is 2. The number of nitrogens with zero attached hydrogens (tertiary/aromatic N) is 4. The first-order chi connectivity index (χ1) is 11.8. The molecule has 1 aliphatic rings. The Bertz CT molecular complexity index is 912. The summed E-state index contributed by atoms with van der Waals surface area (Å²) < 4.78 is 0. The van der Waals surface area contributed by atoms with Crippen LogP contribution in [0.4, 0.5) is 23.1 Å². The Balaban J connectivity index is 1.59. The summed E-state index contributed by atoms with van der Waals surface area (Å²) in [4.78, 5) is 11.1. The molecule has 0 spiro atoms. The lowest BCUT2D eigenvalue weighted by Crippen LogP contribution is -2.15. The van der Waals surface area contributed by atoms with Crippen LogP contribution in [-0.2, 0) is 6.42 Å². The zero-order valence-corrected chi connectivity index (χ0v) is 13.0. The van der Waals surface area contributed by atoms with Gasteiger partial charge in [-0.3, -0.25) is 0 Å². The summed E-state index contributed by atoms with van der Waals surface area (Å²) in [6.07, 6.45) is 2.79.